The average molecular weight is 296 g/mol. The van der Waals surface area contributed by atoms with Gasteiger partial charge >= 0.3 is 5.97 Å². The highest BCUT2D eigenvalue weighted by Gasteiger charge is 2.25. The zero-order chi connectivity index (χ0) is 14.1. The second-order valence-electron chi connectivity index (χ2n) is 5.16. The SMILES string of the molecule is CC(CC(=O)O)Cc1nn2c(C3CCCO3)nnc2s1. The zero-order valence-electron chi connectivity index (χ0n) is 11.2. The Morgan fingerprint density at radius 3 is 3.15 bits per heavy atom. The van der Waals surface area contributed by atoms with Crippen molar-refractivity contribution in [1.29, 1.82) is 0 Å². The lowest BCUT2D eigenvalue weighted by atomic mass is 10.1. The third-order valence-electron chi connectivity index (χ3n) is 3.32. The molecule has 3 heterocycles. The van der Waals surface area contributed by atoms with Crippen LogP contribution in [0.1, 0.15) is 43.1 Å². The molecule has 8 heteroatoms. The highest BCUT2D eigenvalue weighted by molar-refractivity contribution is 7.16. The predicted molar refractivity (Wildman–Crippen MR) is 71.7 cm³/mol. The van der Waals surface area contributed by atoms with E-state index in [2.05, 4.69) is 15.3 Å². The van der Waals surface area contributed by atoms with E-state index in [1.807, 2.05) is 6.92 Å². The maximum absolute atomic E-state index is 10.7. The van der Waals surface area contributed by atoms with Gasteiger partial charge in [-0.3, -0.25) is 4.79 Å². The Morgan fingerprint density at radius 1 is 1.60 bits per heavy atom. The van der Waals surface area contributed by atoms with Crippen molar-refractivity contribution < 1.29 is 14.6 Å². The molecule has 0 aromatic carbocycles. The molecule has 2 aromatic rings. The Balaban J connectivity index is 1.78. The molecule has 1 fully saturated rings. The fraction of sp³-hybridized carbons (Fsp3) is 0.667. The minimum absolute atomic E-state index is 0.0172. The number of rotatable bonds is 5. The summed E-state index contributed by atoms with van der Waals surface area (Å²) in [5, 5.41) is 22.5. The number of hydrogen-bond acceptors (Lipinski definition) is 6. The minimum Gasteiger partial charge on any atom is -0.481 e. The monoisotopic (exact) mass is 296 g/mol. The fourth-order valence-corrected chi connectivity index (χ4v) is 3.41. The first-order valence-corrected chi connectivity index (χ1v) is 7.49. The van der Waals surface area contributed by atoms with Gasteiger partial charge in [-0.05, 0) is 18.8 Å². The first kappa shape index (κ1) is 13.4. The van der Waals surface area contributed by atoms with E-state index in [0.29, 0.717) is 6.42 Å². The number of carbonyl (C=O) groups is 1. The van der Waals surface area contributed by atoms with Gasteiger partial charge in [-0.25, -0.2) is 0 Å². The second kappa shape index (κ2) is 5.45. The molecule has 3 rings (SSSR count). The number of hydrogen-bond donors (Lipinski definition) is 1. The molecule has 108 valence electrons. The zero-order valence-corrected chi connectivity index (χ0v) is 12.0. The Kier molecular flexibility index (Phi) is 3.66. The summed E-state index contributed by atoms with van der Waals surface area (Å²) in [7, 11) is 0. The Hall–Kier alpha value is -1.54. The largest absolute Gasteiger partial charge is 0.481 e. The summed E-state index contributed by atoms with van der Waals surface area (Å²) in [6.45, 7) is 2.67. The van der Waals surface area contributed by atoms with Crippen molar-refractivity contribution in [2.45, 2.75) is 38.7 Å². The predicted octanol–water partition coefficient (Wildman–Crippen LogP) is 1.69. The van der Waals surface area contributed by atoms with Gasteiger partial charge in [0, 0.05) is 19.4 Å². The van der Waals surface area contributed by atoms with E-state index in [1.54, 1.807) is 4.52 Å². The lowest BCUT2D eigenvalue weighted by Gasteiger charge is -2.05. The van der Waals surface area contributed by atoms with E-state index in [9.17, 15) is 4.79 Å². The quantitative estimate of drug-likeness (QED) is 0.903. The van der Waals surface area contributed by atoms with Crippen molar-refractivity contribution in [2.75, 3.05) is 6.61 Å². The lowest BCUT2D eigenvalue weighted by molar-refractivity contribution is -0.137. The number of nitrogens with zero attached hydrogens (tertiary/aromatic N) is 4. The van der Waals surface area contributed by atoms with E-state index < -0.39 is 5.97 Å². The van der Waals surface area contributed by atoms with Crippen LogP contribution in [0.2, 0.25) is 0 Å². The molecule has 2 aromatic heterocycles. The van der Waals surface area contributed by atoms with Crippen molar-refractivity contribution in [3.8, 4) is 0 Å². The molecule has 7 nitrogen and oxygen atoms in total. The topological polar surface area (TPSA) is 89.6 Å². The Morgan fingerprint density at radius 2 is 2.45 bits per heavy atom. The second-order valence-corrected chi connectivity index (χ2v) is 6.20. The maximum Gasteiger partial charge on any atom is 0.303 e. The number of aliphatic carboxylic acids is 1. The average Bonchev–Trinajstić information content (AvgIpc) is 3.01. The molecule has 1 aliphatic heterocycles. The van der Waals surface area contributed by atoms with Crippen LogP contribution in [0.4, 0.5) is 0 Å². The van der Waals surface area contributed by atoms with Gasteiger partial charge < -0.3 is 9.84 Å². The summed E-state index contributed by atoms with van der Waals surface area (Å²) in [4.78, 5) is 11.4. The molecule has 1 saturated heterocycles. The van der Waals surface area contributed by atoms with Gasteiger partial charge in [-0.15, -0.1) is 10.2 Å². The van der Waals surface area contributed by atoms with E-state index >= 15 is 0 Å². The van der Waals surface area contributed by atoms with Crippen molar-refractivity contribution in [1.82, 2.24) is 19.8 Å². The van der Waals surface area contributed by atoms with Gasteiger partial charge in [-0.1, -0.05) is 18.3 Å². The van der Waals surface area contributed by atoms with E-state index in [1.165, 1.54) is 11.3 Å². The van der Waals surface area contributed by atoms with Crippen LogP contribution >= 0.6 is 11.3 Å². The summed E-state index contributed by atoms with van der Waals surface area (Å²) in [6, 6.07) is 0. The van der Waals surface area contributed by atoms with Gasteiger partial charge in [0.2, 0.25) is 4.96 Å². The number of carboxylic acid groups (broad SMARTS) is 1. The number of aromatic nitrogens is 4. The van der Waals surface area contributed by atoms with Crippen LogP contribution in [-0.4, -0.2) is 37.5 Å². The van der Waals surface area contributed by atoms with Gasteiger partial charge in [0.05, 0.1) is 0 Å². The summed E-state index contributed by atoms with van der Waals surface area (Å²) in [5.41, 5.74) is 0. The molecule has 2 atom stereocenters. The summed E-state index contributed by atoms with van der Waals surface area (Å²) >= 11 is 1.46. The molecule has 0 aliphatic carbocycles. The molecular formula is C12H16N4O3S. The van der Waals surface area contributed by atoms with Crippen molar-refractivity contribution >= 4 is 22.3 Å². The smallest absolute Gasteiger partial charge is 0.303 e. The maximum atomic E-state index is 10.7. The highest BCUT2D eigenvalue weighted by Crippen LogP contribution is 2.28. The number of carboxylic acids is 1. The number of fused-ring (bicyclic) bond motifs is 1. The molecule has 0 radical (unpaired) electrons. The van der Waals surface area contributed by atoms with Gasteiger partial charge in [0.15, 0.2) is 5.82 Å². The van der Waals surface area contributed by atoms with Crippen LogP contribution in [-0.2, 0) is 16.0 Å². The summed E-state index contributed by atoms with van der Waals surface area (Å²) in [5.74, 6) is 0.0360. The van der Waals surface area contributed by atoms with E-state index in [0.717, 1.165) is 35.2 Å². The van der Waals surface area contributed by atoms with Crippen LogP contribution in [0.15, 0.2) is 0 Å². The molecule has 0 bridgehead atoms. The van der Waals surface area contributed by atoms with Crippen LogP contribution in [0.5, 0.6) is 0 Å². The summed E-state index contributed by atoms with van der Waals surface area (Å²) in [6.07, 6.45) is 2.76. The van der Waals surface area contributed by atoms with Gasteiger partial charge in [0.1, 0.15) is 11.1 Å². The summed E-state index contributed by atoms with van der Waals surface area (Å²) < 4.78 is 7.35. The van der Waals surface area contributed by atoms with Crippen molar-refractivity contribution in [3.05, 3.63) is 10.8 Å². The van der Waals surface area contributed by atoms with E-state index in [4.69, 9.17) is 9.84 Å². The molecule has 0 spiro atoms. The number of ether oxygens (including phenoxy) is 1. The standard InChI is InChI=1S/C12H16N4O3S/c1-7(6-10(17)18)5-9-15-16-11(8-3-2-4-19-8)13-14-12(16)20-9/h7-8H,2-6H2,1H3,(H,17,18). The molecule has 1 N–H and O–H groups in total. The molecular weight excluding hydrogens is 280 g/mol. The molecule has 2 unspecified atom stereocenters. The molecule has 0 saturated carbocycles. The van der Waals surface area contributed by atoms with Crippen LogP contribution in [0.25, 0.3) is 4.96 Å². The van der Waals surface area contributed by atoms with Gasteiger partial charge in [0.25, 0.3) is 0 Å². The molecule has 20 heavy (non-hydrogen) atoms. The first-order valence-electron chi connectivity index (χ1n) is 6.68. The van der Waals surface area contributed by atoms with Crippen LogP contribution in [0, 0.1) is 5.92 Å². The third kappa shape index (κ3) is 2.66. The minimum atomic E-state index is -0.777. The van der Waals surface area contributed by atoms with Crippen molar-refractivity contribution in [2.24, 2.45) is 5.92 Å². The normalized spacial score (nSPS) is 20.6. The molecule has 0 amide bonds. The Bertz CT molecular complexity index is 617. The van der Waals surface area contributed by atoms with Crippen LogP contribution < -0.4 is 0 Å². The van der Waals surface area contributed by atoms with Crippen LogP contribution in [0.3, 0.4) is 0 Å². The highest BCUT2D eigenvalue weighted by atomic mass is 32.1. The first-order chi connectivity index (χ1) is 9.63. The third-order valence-corrected chi connectivity index (χ3v) is 4.24. The molecule has 1 aliphatic rings. The Labute approximate surface area is 119 Å². The van der Waals surface area contributed by atoms with E-state index in [-0.39, 0.29) is 18.4 Å². The van der Waals surface area contributed by atoms with Crippen molar-refractivity contribution in [3.63, 3.8) is 0 Å². The fourth-order valence-electron chi connectivity index (χ4n) is 2.40. The van der Waals surface area contributed by atoms with Gasteiger partial charge in [-0.2, -0.15) is 9.61 Å². The lowest BCUT2D eigenvalue weighted by Crippen LogP contribution is -2.08.